The number of nitrogens with one attached hydrogen (secondary N) is 1. The molecule has 0 radical (unpaired) electrons. The Morgan fingerprint density at radius 2 is 1.68 bits per heavy atom. The molecule has 0 saturated heterocycles. The summed E-state index contributed by atoms with van der Waals surface area (Å²) in [5.74, 6) is -0.305. The van der Waals surface area contributed by atoms with E-state index in [9.17, 15) is 4.79 Å². The first-order chi connectivity index (χ1) is 9.00. The van der Waals surface area contributed by atoms with Gasteiger partial charge >= 0.3 is 0 Å². The number of benzene rings is 2. The first-order valence-electron chi connectivity index (χ1n) is 5.51. The summed E-state index contributed by atoms with van der Waals surface area (Å²) in [4.78, 5) is 12.2. The summed E-state index contributed by atoms with van der Waals surface area (Å²) in [6, 6.07) is 10.7. The summed E-state index contributed by atoms with van der Waals surface area (Å²) >= 11 is 14.3. The van der Waals surface area contributed by atoms with Crippen LogP contribution in [0.4, 0.5) is 5.69 Å². The van der Waals surface area contributed by atoms with Crippen molar-refractivity contribution in [1.82, 2.24) is 0 Å². The van der Waals surface area contributed by atoms with Crippen LogP contribution in [0.25, 0.3) is 0 Å². The molecular formula is C14H10Cl2INO. The molecule has 0 saturated carbocycles. The fourth-order valence-electron chi connectivity index (χ4n) is 1.64. The zero-order valence-corrected chi connectivity index (χ0v) is 13.7. The van der Waals surface area contributed by atoms with Crippen molar-refractivity contribution in [2.75, 3.05) is 5.32 Å². The van der Waals surface area contributed by atoms with Gasteiger partial charge in [0.1, 0.15) is 0 Å². The molecule has 0 atom stereocenters. The van der Waals surface area contributed by atoms with Crippen molar-refractivity contribution in [3.05, 3.63) is 61.1 Å². The van der Waals surface area contributed by atoms with E-state index >= 15 is 0 Å². The van der Waals surface area contributed by atoms with Crippen LogP contribution in [0.15, 0.2) is 36.4 Å². The average Bonchev–Trinajstić information content (AvgIpc) is 2.35. The van der Waals surface area contributed by atoms with Crippen LogP contribution < -0.4 is 5.32 Å². The molecule has 0 aliphatic carbocycles. The molecule has 0 spiro atoms. The van der Waals surface area contributed by atoms with Crippen LogP contribution in [0.5, 0.6) is 0 Å². The van der Waals surface area contributed by atoms with E-state index in [4.69, 9.17) is 23.2 Å². The summed E-state index contributed by atoms with van der Waals surface area (Å²) < 4.78 is 1.08. The molecule has 5 heteroatoms. The molecule has 0 unspecified atom stereocenters. The van der Waals surface area contributed by atoms with Gasteiger partial charge in [-0.15, -0.1) is 0 Å². The van der Waals surface area contributed by atoms with Crippen LogP contribution in [0.1, 0.15) is 15.9 Å². The Balaban J connectivity index is 2.34. The maximum atomic E-state index is 12.2. The molecule has 0 aromatic heterocycles. The molecule has 98 valence electrons. The Bertz CT molecular complexity index is 623. The summed E-state index contributed by atoms with van der Waals surface area (Å²) in [6.07, 6.45) is 0. The minimum absolute atomic E-state index is 0.295. The van der Waals surface area contributed by atoms with Gasteiger partial charge < -0.3 is 5.32 Å². The molecule has 19 heavy (non-hydrogen) atoms. The first-order valence-corrected chi connectivity index (χ1v) is 7.34. The predicted molar refractivity (Wildman–Crippen MR) is 88.3 cm³/mol. The highest BCUT2D eigenvalue weighted by Gasteiger charge is 2.15. The summed E-state index contributed by atoms with van der Waals surface area (Å²) in [5.41, 5.74) is 2.07. The minimum atomic E-state index is -0.305. The summed E-state index contributed by atoms with van der Waals surface area (Å²) in [7, 11) is 0. The van der Waals surface area contributed by atoms with Crippen molar-refractivity contribution in [1.29, 1.82) is 0 Å². The van der Waals surface area contributed by atoms with Crippen LogP contribution in [0.2, 0.25) is 10.0 Å². The van der Waals surface area contributed by atoms with Crippen LogP contribution in [-0.4, -0.2) is 5.91 Å². The molecule has 2 aromatic rings. The summed E-state index contributed by atoms with van der Waals surface area (Å²) in [6.45, 7) is 1.95. The van der Waals surface area contributed by atoms with E-state index in [1.165, 1.54) is 0 Å². The standard InChI is InChI=1S/C14H10Cl2INO/c1-8-11(17)6-3-7-12(8)18-14(19)13-9(15)4-2-5-10(13)16/h2-7H,1H3,(H,18,19). The topological polar surface area (TPSA) is 29.1 Å². The smallest absolute Gasteiger partial charge is 0.258 e. The minimum Gasteiger partial charge on any atom is -0.322 e. The third-order valence-corrected chi connectivity index (χ3v) is 4.50. The van der Waals surface area contributed by atoms with Gasteiger partial charge in [0.25, 0.3) is 5.91 Å². The highest BCUT2D eigenvalue weighted by molar-refractivity contribution is 14.1. The van der Waals surface area contributed by atoms with Crippen LogP contribution in [0.3, 0.4) is 0 Å². The van der Waals surface area contributed by atoms with E-state index in [1.54, 1.807) is 18.2 Å². The van der Waals surface area contributed by atoms with Crippen LogP contribution in [-0.2, 0) is 0 Å². The van der Waals surface area contributed by atoms with Gasteiger partial charge in [0.05, 0.1) is 15.6 Å². The van der Waals surface area contributed by atoms with E-state index in [1.807, 2.05) is 25.1 Å². The van der Waals surface area contributed by atoms with Gasteiger partial charge in [-0.05, 0) is 59.3 Å². The van der Waals surface area contributed by atoms with Gasteiger partial charge in [-0.25, -0.2) is 0 Å². The van der Waals surface area contributed by atoms with E-state index in [2.05, 4.69) is 27.9 Å². The van der Waals surface area contributed by atoms with Crippen molar-refractivity contribution in [3.63, 3.8) is 0 Å². The Morgan fingerprint density at radius 3 is 2.32 bits per heavy atom. The second-order valence-electron chi connectivity index (χ2n) is 3.96. The number of rotatable bonds is 2. The molecule has 1 amide bonds. The van der Waals surface area contributed by atoms with Crippen molar-refractivity contribution in [2.24, 2.45) is 0 Å². The number of amides is 1. The maximum Gasteiger partial charge on any atom is 0.258 e. The Kier molecular flexibility index (Phi) is 4.71. The van der Waals surface area contributed by atoms with Gasteiger partial charge in [0.2, 0.25) is 0 Å². The normalized spacial score (nSPS) is 10.3. The number of carbonyl (C=O) groups is 1. The number of halogens is 3. The molecule has 0 aliphatic rings. The lowest BCUT2D eigenvalue weighted by Gasteiger charge is -2.11. The summed E-state index contributed by atoms with van der Waals surface area (Å²) in [5, 5.41) is 3.52. The molecule has 2 rings (SSSR count). The van der Waals surface area contributed by atoms with Gasteiger partial charge in [-0.2, -0.15) is 0 Å². The predicted octanol–water partition coefficient (Wildman–Crippen LogP) is 5.16. The fraction of sp³-hybridized carbons (Fsp3) is 0.0714. The highest BCUT2D eigenvalue weighted by atomic mass is 127. The van der Waals surface area contributed by atoms with Crippen LogP contribution in [0, 0.1) is 10.5 Å². The number of carbonyl (C=O) groups excluding carboxylic acids is 1. The van der Waals surface area contributed by atoms with Crippen molar-refractivity contribution in [2.45, 2.75) is 6.92 Å². The first kappa shape index (κ1) is 14.6. The van der Waals surface area contributed by atoms with Crippen molar-refractivity contribution < 1.29 is 4.79 Å². The van der Waals surface area contributed by atoms with Gasteiger partial charge in [-0.1, -0.05) is 35.3 Å². The Morgan fingerprint density at radius 1 is 1.11 bits per heavy atom. The highest BCUT2D eigenvalue weighted by Crippen LogP contribution is 2.26. The number of hydrogen-bond donors (Lipinski definition) is 1. The maximum absolute atomic E-state index is 12.2. The van der Waals surface area contributed by atoms with E-state index < -0.39 is 0 Å². The molecule has 0 fully saturated rings. The molecule has 2 aromatic carbocycles. The zero-order valence-electron chi connectivity index (χ0n) is 10.0. The Hall–Kier alpha value is -0.780. The third-order valence-electron chi connectivity index (χ3n) is 2.71. The van der Waals surface area contributed by atoms with E-state index in [0.717, 1.165) is 14.8 Å². The second-order valence-corrected chi connectivity index (χ2v) is 5.94. The third kappa shape index (κ3) is 3.22. The second kappa shape index (κ2) is 6.11. The molecule has 1 N–H and O–H groups in total. The lowest BCUT2D eigenvalue weighted by Crippen LogP contribution is -2.14. The van der Waals surface area contributed by atoms with E-state index in [-0.39, 0.29) is 5.91 Å². The van der Waals surface area contributed by atoms with Gasteiger partial charge in [0, 0.05) is 9.26 Å². The van der Waals surface area contributed by atoms with Gasteiger partial charge in [0.15, 0.2) is 0 Å². The quantitative estimate of drug-likeness (QED) is 0.687. The number of hydrogen-bond acceptors (Lipinski definition) is 1. The fourth-order valence-corrected chi connectivity index (χ4v) is 2.71. The SMILES string of the molecule is Cc1c(I)cccc1NC(=O)c1c(Cl)cccc1Cl. The molecule has 0 aliphatic heterocycles. The molecule has 0 bridgehead atoms. The van der Waals surface area contributed by atoms with Crippen LogP contribution >= 0.6 is 45.8 Å². The molecule has 2 nitrogen and oxygen atoms in total. The van der Waals surface area contributed by atoms with E-state index in [0.29, 0.717) is 15.6 Å². The molecule has 0 heterocycles. The van der Waals surface area contributed by atoms with Crippen molar-refractivity contribution in [3.8, 4) is 0 Å². The zero-order chi connectivity index (χ0) is 14.0. The van der Waals surface area contributed by atoms with Crippen molar-refractivity contribution >= 4 is 57.4 Å². The Labute approximate surface area is 135 Å². The van der Waals surface area contributed by atoms with Gasteiger partial charge in [-0.3, -0.25) is 4.79 Å². The monoisotopic (exact) mass is 405 g/mol. The lowest BCUT2D eigenvalue weighted by atomic mass is 10.1. The number of anilines is 1. The largest absolute Gasteiger partial charge is 0.322 e. The average molecular weight is 406 g/mol. The lowest BCUT2D eigenvalue weighted by molar-refractivity contribution is 0.102. The molecular weight excluding hydrogens is 396 g/mol.